The van der Waals surface area contributed by atoms with Gasteiger partial charge in [0.1, 0.15) is 5.84 Å². The van der Waals surface area contributed by atoms with Crippen LogP contribution in [0.4, 0.5) is 0 Å². The second-order valence-corrected chi connectivity index (χ2v) is 4.86. The highest BCUT2D eigenvalue weighted by Gasteiger charge is 2.23. The molecule has 18 heavy (non-hydrogen) atoms. The minimum absolute atomic E-state index is 0.693. The molecule has 1 aromatic carbocycles. The Morgan fingerprint density at radius 3 is 2.67 bits per heavy atom. The lowest BCUT2D eigenvalue weighted by Crippen LogP contribution is -2.35. The van der Waals surface area contributed by atoms with Crippen LogP contribution in [0.3, 0.4) is 0 Å². The Morgan fingerprint density at radius 1 is 1.22 bits per heavy atom. The third-order valence-electron chi connectivity index (χ3n) is 3.62. The number of hydrogen-bond donors (Lipinski definition) is 1. The van der Waals surface area contributed by atoms with Crippen molar-refractivity contribution in [2.24, 2.45) is 0 Å². The highest BCUT2D eigenvalue weighted by molar-refractivity contribution is 6.00. The van der Waals surface area contributed by atoms with E-state index in [2.05, 4.69) is 41.8 Å². The molecule has 0 aromatic heterocycles. The topological polar surface area (TPSA) is 30.3 Å². The maximum Gasteiger partial charge on any atom is 0.128 e. The number of amidine groups is 1. The van der Waals surface area contributed by atoms with Gasteiger partial charge in [0.05, 0.1) is 0 Å². The van der Waals surface area contributed by atoms with Gasteiger partial charge >= 0.3 is 0 Å². The molecule has 0 spiro atoms. The van der Waals surface area contributed by atoms with E-state index in [1.165, 1.54) is 12.0 Å². The maximum absolute atomic E-state index is 8.20. The summed E-state index contributed by atoms with van der Waals surface area (Å²) in [6, 6.07) is 8.27. The number of nitrogens with one attached hydrogen (secondary N) is 1. The van der Waals surface area contributed by atoms with Crippen LogP contribution in [-0.2, 0) is 6.54 Å². The highest BCUT2D eigenvalue weighted by atomic mass is 15.2. The predicted molar refractivity (Wildman–Crippen MR) is 76.1 cm³/mol. The van der Waals surface area contributed by atoms with Crippen LogP contribution in [0.5, 0.6) is 0 Å². The predicted octanol–water partition coefficient (Wildman–Crippen LogP) is 2.56. The van der Waals surface area contributed by atoms with Crippen LogP contribution >= 0.6 is 0 Å². The zero-order valence-electron chi connectivity index (χ0n) is 11.4. The molecule has 1 aliphatic heterocycles. The number of rotatable bonds is 6. The van der Waals surface area contributed by atoms with E-state index in [4.69, 9.17) is 5.41 Å². The van der Waals surface area contributed by atoms with Crippen molar-refractivity contribution in [2.45, 2.75) is 26.8 Å². The molecule has 1 aromatic rings. The van der Waals surface area contributed by atoms with Gasteiger partial charge in [0.25, 0.3) is 0 Å². The van der Waals surface area contributed by atoms with Crippen LogP contribution in [0.25, 0.3) is 0 Å². The molecule has 3 heteroatoms. The maximum atomic E-state index is 8.20. The molecule has 0 saturated heterocycles. The summed E-state index contributed by atoms with van der Waals surface area (Å²) in [7, 11) is 0. The molecule has 1 N–H and O–H groups in total. The lowest BCUT2D eigenvalue weighted by Gasteiger charge is -2.24. The molecule has 98 valence electrons. The average Bonchev–Trinajstić information content (AvgIpc) is 2.72. The molecule has 1 heterocycles. The van der Waals surface area contributed by atoms with E-state index in [1.54, 1.807) is 0 Å². The van der Waals surface area contributed by atoms with Crippen molar-refractivity contribution in [2.75, 3.05) is 26.2 Å². The van der Waals surface area contributed by atoms with Crippen molar-refractivity contribution >= 4 is 5.84 Å². The van der Waals surface area contributed by atoms with Gasteiger partial charge in [-0.15, -0.1) is 0 Å². The lowest BCUT2D eigenvalue weighted by molar-refractivity contribution is 0.257. The molecule has 0 unspecified atom stereocenters. The number of benzene rings is 1. The van der Waals surface area contributed by atoms with Gasteiger partial charge in [0, 0.05) is 25.2 Å². The first-order chi connectivity index (χ1) is 8.76. The largest absolute Gasteiger partial charge is 0.351 e. The first-order valence-corrected chi connectivity index (χ1v) is 6.90. The molecule has 0 bridgehead atoms. The number of nitrogens with zero attached hydrogens (tertiary/aromatic N) is 2. The standard InChI is InChI=1S/C15H23N3/c1-3-9-17(4-2)10-11-18-12-13-7-5-6-8-14(13)15(18)16/h5-8,16H,3-4,9-12H2,1-2H3. The third-order valence-corrected chi connectivity index (χ3v) is 3.62. The van der Waals surface area contributed by atoms with Crippen LogP contribution < -0.4 is 0 Å². The first-order valence-electron chi connectivity index (χ1n) is 6.90. The Kier molecular flexibility index (Phi) is 4.37. The molecule has 3 nitrogen and oxygen atoms in total. The van der Waals surface area contributed by atoms with Crippen molar-refractivity contribution in [3.63, 3.8) is 0 Å². The Balaban J connectivity index is 1.92. The molecule has 0 aliphatic carbocycles. The number of fused-ring (bicyclic) bond motifs is 1. The van der Waals surface area contributed by atoms with E-state index in [0.29, 0.717) is 5.84 Å². The van der Waals surface area contributed by atoms with Gasteiger partial charge in [-0.25, -0.2) is 0 Å². The van der Waals surface area contributed by atoms with Gasteiger partial charge in [0.15, 0.2) is 0 Å². The summed E-state index contributed by atoms with van der Waals surface area (Å²) in [6.07, 6.45) is 1.20. The quantitative estimate of drug-likeness (QED) is 0.835. The molecule has 0 fully saturated rings. The fourth-order valence-electron chi connectivity index (χ4n) is 2.54. The van der Waals surface area contributed by atoms with Crippen molar-refractivity contribution in [1.82, 2.24) is 9.80 Å². The summed E-state index contributed by atoms with van der Waals surface area (Å²) in [4.78, 5) is 4.64. The molecule has 0 radical (unpaired) electrons. The zero-order valence-corrected chi connectivity index (χ0v) is 11.4. The minimum Gasteiger partial charge on any atom is -0.351 e. The molecule has 0 atom stereocenters. The minimum atomic E-state index is 0.693. The monoisotopic (exact) mass is 245 g/mol. The SMILES string of the molecule is CCCN(CC)CCN1Cc2ccccc2C1=N. The molecular weight excluding hydrogens is 222 g/mol. The average molecular weight is 245 g/mol. The summed E-state index contributed by atoms with van der Waals surface area (Å²) in [6.45, 7) is 9.60. The van der Waals surface area contributed by atoms with Crippen LogP contribution in [0, 0.1) is 5.41 Å². The van der Waals surface area contributed by atoms with E-state index in [-0.39, 0.29) is 0 Å². The highest BCUT2D eigenvalue weighted by Crippen LogP contribution is 2.21. The smallest absolute Gasteiger partial charge is 0.128 e. The van der Waals surface area contributed by atoms with Gasteiger partial charge in [-0.2, -0.15) is 0 Å². The van der Waals surface area contributed by atoms with E-state index in [1.807, 2.05) is 6.07 Å². The molecule has 1 aliphatic rings. The summed E-state index contributed by atoms with van der Waals surface area (Å²) in [5.41, 5.74) is 2.40. The fourth-order valence-corrected chi connectivity index (χ4v) is 2.54. The number of hydrogen-bond acceptors (Lipinski definition) is 2. The fraction of sp³-hybridized carbons (Fsp3) is 0.533. The third kappa shape index (κ3) is 2.72. The molecule has 2 rings (SSSR count). The number of likely N-dealkylation sites (N-methyl/N-ethyl adjacent to an activating group) is 1. The second-order valence-electron chi connectivity index (χ2n) is 4.86. The Hall–Kier alpha value is -1.35. The van der Waals surface area contributed by atoms with Gasteiger partial charge in [-0.05, 0) is 25.1 Å². The molecular formula is C15H23N3. The summed E-state index contributed by atoms with van der Waals surface area (Å²) >= 11 is 0. The first kappa shape index (κ1) is 13.1. The molecule has 0 saturated carbocycles. The van der Waals surface area contributed by atoms with Crippen LogP contribution in [-0.4, -0.2) is 41.8 Å². The van der Waals surface area contributed by atoms with Gasteiger partial charge in [0.2, 0.25) is 0 Å². The van der Waals surface area contributed by atoms with E-state index < -0.39 is 0 Å². The Morgan fingerprint density at radius 2 is 2.00 bits per heavy atom. The summed E-state index contributed by atoms with van der Waals surface area (Å²) < 4.78 is 0. The second kappa shape index (κ2) is 6.01. The van der Waals surface area contributed by atoms with Crippen molar-refractivity contribution in [1.29, 1.82) is 5.41 Å². The summed E-state index contributed by atoms with van der Waals surface area (Å²) in [5.74, 6) is 0.693. The van der Waals surface area contributed by atoms with Crippen molar-refractivity contribution < 1.29 is 0 Å². The molecule has 0 amide bonds. The van der Waals surface area contributed by atoms with Crippen molar-refractivity contribution in [3.05, 3.63) is 35.4 Å². The van der Waals surface area contributed by atoms with Gasteiger partial charge in [-0.3, -0.25) is 5.41 Å². The van der Waals surface area contributed by atoms with Gasteiger partial charge < -0.3 is 9.80 Å². The van der Waals surface area contributed by atoms with E-state index in [9.17, 15) is 0 Å². The Labute approximate surface area is 110 Å². The van der Waals surface area contributed by atoms with Crippen LogP contribution in [0.1, 0.15) is 31.4 Å². The normalized spacial score (nSPS) is 14.4. The zero-order chi connectivity index (χ0) is 13.0. The summed E-state index contributed by atoms with van der Waals surface area (Å²) in [5, 5.41) is 8.20. The van der Waals surface area contributed by atoms with E-state index in [0.717, 1.165) is 38.3 Å². The lowest BCUT2D eigenvalue weighted by atomic mass is 10.1. The Bertz CT molecular complexity index is 414. The van der Waals surface area contributed by atoms with E-state index >= 15 is 0 Å². The van der Waals surface area contributed by atoms with Gasteiger partial charge in [-0.1, -0.05) is 38.1 Å². The van der Waals surface area contributed by atoms with Crippen molar-refractivity contribution in [3.8, 4) is 0 Å². The van der Waals surface area contributed by atoms with Crippen LogP contribution in [0.15, 0.2) is 24.3 Å². The van der Waals surface area contributed by atoms with Crippen LogP contribution in [0.2, 0.25) is 0 Å².